The molecule has 3 aromatic rings. The number of anilines is 2. The third-order valence-electron chi connectivity index (χ3n) is 5.45. The molecule has 0 aliphatic carbocycles. The monoisotopic (exact) mass is 478 g/mol. The van der Waals surface area contributed by atoms with E-state index in [1.807, 2.05) is 63.2 Å². The van der Waals surface area contributed by atoms with E-state index in [0.717, 1.165) is 16.1 Å². The predicted molar refractivity (Wildman–Crippen MR) is 138 cm³/mol. The molecule has 0 saturated carbocycles. The van der Waals surface area contributed by atoms with Crippen molar-refractivity contribution in [1.29, 1.82) is 0 Å². The van der Waals surface area contributed by atoms with E-state index >= 15 is 0 Å². The molecule has 0 aliphatic heterocycles. The molecule has 178 valence electrons. The number of hydrogen-bond donors (Lipinski definition) is 2. The van der Waals surface area contributed by atoms with E-state index in [2.05, 4.69) is 10.6 Å². The topological polar surface area (TPSA) is 76.7 Å². The minimum Gasteiger partial charge on any atom is -0.493 e. The molecule has 0 spiro atoms. The molecule has 34 heavy (non-hydrogen) atoms. The zero-order chi connectivity index (χ0) is 24.7. The summed E-state index contributed by atoms with van der Waals surface area (Å²) in [5, 5.41) is 5.66. The molecule has 0 saturated heterocycles. The maximum absolute atomic E-state index is 12.9. The molecule has 0 fully saturated rings. The van der Waals surface area contributed by atoms with Crippen LogP contribution in [0, 0.1) is 13.8 Å². The molecule has 3 aromatic carbocycles. The van der Waals surface area contributed by atoms with Crippen molar-refractivity contribution in [2.75, 3.05) is 24.9 Å². The number of hydrogen-bond acceptors (Lipinski definition) is 5. The zero-order valence-electron chi connectivity index (χ0n) is 20.1. The van der Waals surface area contributed by atoms with Gasteiger partial charge in [-0.3, -0.25) is 9.59 Å². The van der Waals surface area contributed by atoms with Crippen LogP contribution in [-0.2, 0) is 4.79 Å². The molecule has 0 heterocycles. The fourth-order valence-corrected chi connectivity index (χ4v) is 4.37. The Morgan fingerprint density at radius 1 is 0.853 bits per heavy atom. The summed E-state index contributed by atoms with van der Waals surface area (Å²) in [6.07, 6.45) is 0.670. The third kappa shape index (κ3) is 6.32. The van der Waals surface area contributed by atoms with Crippen molar-refractivity contribution in [2.24, 2.45) is 0 Å². The van der Waals surface area contributed by atoms with Gasteiger partial charge in [-0.15, -0.1) is 11.8 Å². The van der Waals surface area contributed by atoms with Gasteiger partial charge in [-0.1, -0.05) is 19.1 Å². The number of carbonyl (C=O) groups is 2. The van der Waals surface area contributed by atoms with Crippen molar-refractivity contribution in [3.63, 3.8) is 0 Å². The Bertz CT molecular complexity index is 1180. The summed E-state index contributed by atoms with van der Waals surface area (Å²) >= 11 is 1.47. The molecule has 6 nitrogen and oxygen atoms in total. The first kappa shape index (κ1) is 25.2. The van der Waals surface area contributed by atoms with Crippen LogP contribution < -0.4 is 20.1 Å². The fourth-order valence-electron chi connectivity index (χ4n) is 3.36. The van der Waals surface area contributed by atoms with Crippen LogP contribution in [-0.4, -0.2) is 31.3 Å². The molecule has 2 N–H and O–H groups in total. The van der Waals surface area contributed by atoms with E-state index in [-0.39, 0.29) is 17.1 Å². The number of amides is 2. The van der Waals surface area contributed by atoms with Gasteiger partial charge >= 0.3 is 0 Å². The smallest absolute Gasteiger partial charge is 0.255 e. The number of rotatable bonds is 9. The van der Waals surface area contributed by atoms with E-state index < -0.39 is 0 Å². The molecule has 7 heteroatoms. The summed E-state index contributed by atoms with van der Waals surface area (Å²) in [6.45, 7) is 6.06. The summed E-state index contributed by atoms with van der Waals surface area (Å²) in [4.78, 5) is 26.5. The predicted octanol–water partition coefficient (Wildman–Crippen LogP) is 6.08. The molecule has 0 aliphatic rings. The van der Waals surface area contributed by atoms with E-state index in [1.165, 1.54) is 24.4 Å². The zero-order valence-corrected chi connectivity index (χ0v) is 20.9. The maximum Gasteiger partial charge on any atom is 0.255 e. The highest BCUT2D eigenvalue weighted by molar-refractivity contribution is 8.00. The van der Waals surface area contributed by atoms with E-state index in [9.17, 15) is 9.59 Å². The van der Waals surface area contributed by atoms with Crippen LogP contribution >= 0.6 is 11.8 Å². The van der Waals surface area contributed by atoms with Gasteiger partial charge in [0.05, 0.1) is 19.5 Å². The van der Waals surface area contributed by atoms with Gasteiger partial charge in [-0.25, -0.2) is 0 Å². The molecule has 0 aromatic heterocycles. The van der Waals surface area contributed by atoms with Crippen molar-refractivity contribution in [2.45, 2.75) is 37.3 Å². The normalized spacial score (nSPS) is 11.4. The highest BCUT2D eigenvalue weighted by atomic mass is 32.2. The number of thioether (sulfide) groups is 1. The number of methoxy groups -OCH3 is 2. The first-order valence-corrected chi connectivity index (χ1v) is 11.9. The van der Waals surface area contributed by atoms with Gasteiger partial charge in [-0.05, 0) is 79.9 Å². The van der Waals surface area contributed by atoms with Gasteiger partial charge in [0.15, 0.2) is 11.5 Å². The highest BCUT2D eigenvalue weighted by Crippen LogP contribution is 2.30. The van der Waals surface area contributed by atoms with E-state index in [4.69, 9.17) is 9.47 Å². The Hall–Kier alpha value is -3.45. The largest absolute Gasteiger partial charge is 0.493 e. The molecule has 0 bridgehead atoms. The number of ether oxygens (including phenoxy) is 2. The average Bonchev–Trinajstić information content (AvgIpc) is 2.84. The molecule has 2 amide bonds. The lowest BCUT2D eigenvalue weighted by molar-refractivity contribution is -0.115. The summed E-state index contributed by atoms with van der Waals surface area (Å²) in [5.41, 5.74) is 4.22. The Morgan fingerprint density at radius 2 is 1.59 bits per heavy atom. The number of aryl methyl sites for hydroxylation is 2. The second kappa shape index (κ2) is 11.6. The minimum absolute atomic E-state index is 0.0458. The van der Waals surface area contributed by atoms with Crippen LogP contribution in [0.25, 0.3) is 0 Å². The van der Waals surface area contributed by atoms with Gasteiger partial charge in [0, 0.05) is 21.8 Å². The lowest BCUT2D eigenvalue weighted by Gasteiger charge is -2.16. The van der Waals surface area contributed by atoms with Gasteiger partial charge in [0.2, 0.25) is 5.91 Å². The molecular formula is C27H30N2O4S. The lowest BCUT2D eigenvalue weighted by atomic mass is 10.1. The van der Waals surface area contributed by atoms with Crippen molar-refractivity contribution >= 4 is 35.0 Å². The second-order valence-electron chi connectivity index (χ2n) is 7.85. The van der Waals surface area contributed by atoms with Crippen LogP contribution in [0.4, 0.5) is 11.4 Å². The Labute approximate surface area is 205 Å². The number of carbonyl (C=O) groups excluding carboxylic acids is 2. The van der Waals surface area contributed by atoms with Crippen molar-refractivity contribution in [1.82, 2.24) is 0 Å². The molecule has 0 radical (unpaired) electrons. The number of benzene rings is 3. The summed E-state index contributed by atoms with van der Waals surface area (Å²) < 4.78 is 10.5. The second-order valence-corrected chi connectivity index (χ2v) is 9.13. The Kier molecular flexibility index (Phi) is 8.60. The minimum atomic E-state index is -0.265. The molecule has 3 rings (SSSR count). The van der Waals surface area contributed by atoms with E-state index in [0.29, 0.717) is 29.2 Å². The SMILES string of the molecule is CCC(Sc1cccc(NC(=O)c2ccc(OC)c(OC)c2)c1)C(=O)Nc1ccc(C)c(C)c1. The maximum atomic E-state index is 12.9. The van der Waals surface area contributed by atoms with Crippen LogP contribution in [0.1, 0.15) is 34.8 Å². The fraction of sp³-hybridized carbons (Fsp3) is 0.259. The van der Waals surface area contributed by atoms with Crippen molar-refractivity contribution < 1.29 is 19.1 Å². The third-order valence-corrected chi connectivity index (χ3v) is 6.81. The van der Waals surface area contributed by atoms with Crippen LogP contribution in [0.3, 0.4) is 0 Å². The lowest BCUT2D eigenvalue weighted by Crippen LogP contribution is -2.24. The van der Waals surface area contributed by atoms with E-state index in [1.54, 1.807) is 25.3 Å². The van der Waals surface area contributed by atoms with Crippen molar-refractivity contribution in [3.8, 4) is 11.5 Å². The summed E-state index contributed by atoms with van der Waals surface area (Å²) in [6, 6.07) is 18.4. The van der Waals surface area contributed by atoms with Crippen LogP contribution in [0.5, 0.6) is 11.5 Å². The molecular weight excluding hydrogens is 448 g/mol. The molecule has 1 unspecified atom stereocenters. The van der Waals surface area contributed by atoms with Gasteiger partial charge in [-0.2, -0.15) is 0 Å². The van der Waals surface area contributed by atoms with Gasteiger partial charge in [0.1, 0.15) is 0 Å². The quantitative estimate of drug-likeness (QED) is 0.364. The highest BCUT2D eigenvalue weighted by Gasteiger charge is 2.19. The standard InChI is InChI=1S/C27H30N2O4S/c1-6-25(27(31)29-21-12-10-17(2)18(3)14-21)34-22-9-7-8-20(16-22)28-26(30)19-11-13-23(32-4)24(15-19)33-5/h7-16,25H,6H2,1-5H3,(H,28,30)(H,29,31). The Balaban J connectivity index is 1.68. The van der Waals surface area contributed by atoms with Gasteiger partial charge < -0.3 is 20.1 Å². The number of nitrogens with one attached hydrogen (secondary N) is 2. The summed E-state index contributed by atoms with van der Waals surface area (Å²) in [7, 11) is 3.08. The average molecular weight is 479 g/mol. The van der Waals surface area contributed by atoms with Gasteiger partial charge in [0.25, 0.3) is 5.91 Å². The molecule has 1 atom stereocenters. The first-order chi connectivity index (χ1) is 16.3. The van der Waals surface area contributed by atoms with Crippen LogP contribution in [0.2, 0.25) is 0 Å². The van der Waals surface area contributed by atoms with Crippen LogP contribution in [0.15, 0.2) is 65.6 Å². The first-order valence-electron chi connectivity index (χ1n) is 11.0. The summed E-state index contributed by atoms with van der Waals surface area (Å²) in [5.74, 6) is 0.736. The Morgan fingerprint density at radius 3 is 2.26 bits per heavy atom. The van der Waals surface area contributed by atoms with Crippen molar-refractivity contribution in [3.05, 3.63) is 77.4 Å².